The third-order valence-electron chi connectivity index (χ3n) is 3.20. The van der Waals surface area contributed by atoms with Crippen LogP contribution in [0.4, 0.5) is 0 Å². The second kappa shape index (κ2) is 7.28. The van der Waals surface area contributed by atoms with E-state index in [0.717, 1.165) is 16.7 Å². The molecule has 0 bridgehead atoms. The van der Waals surface area contributed by atoms with Gasteiger partial charge in [0.1, 0.15) is 0 Å². The Balaban J connectivity index is 2.33. The lowest BCUT2D eigenvalue weighted by Crippen LogP contribution is -2.09. The van der Waals surface area contributed by atoms with Gasteiger partial charge in [0.05, 0.1) is 12.2 Å². The smallest absolute Gasteiger partial charge is 0.342 e. The van der Waals surface area contributed by atoms with Crippen molar-refractivity contribution in [1.29, 1.82) is 0 Å². The maximum atomic E-state index is 11.9. The molecule has 2 aromatic carbocycles. The molecule has 0 saturated heterocycles. The topological polar surface area (TPSA) is 26.3 Å². The summed E-state index contributed by atoms with van der Waals surface area (Å²) in [6, 6.07) is 18.1. The summed E-state index contributed by atoms with van der Waals surface area (Å²) >= 11 is 0. The third kappa shape index (κ3) is 3.71. The van der Waals surface area contributed by atoms with E-state index in [1.54, 1.807) is 6.92 Å². The Hall–Kier alpha value is -2.57. The van der Waals surface area contributed by atoms with Gasteiger partial charge in [-0.25, -0.2) is 4.79 Å². The molecule has 21 heavy (non-hydrogen) atoms. The highest BCUT2D eigenvalue weighted by molar-refractivity contribution is 5.89. The minimum atomic E-state index is -0.352. The van der Waals surface area contributed by atoms with Gasteiger partial charge in [-0.3, -0.25) is 0 Å². The number of hydrogen-bond donors (Lipinski definition) is 0. The van der Waals surface area contributed by atoms with E-state index in [9.17, 15) is 4.79 Å². The van der Waals surface area contributed by atoms with Crippen LogP contribution in [0.5, 0.6) is 0 Å². The lowest BCUT2D eigenvalue weighted by atomic mass is 9.95. The fourth-order valence-electron chi connectivity index (χ4n) is 2.19. The molecule has 0 heterocycles. The summed E-state index contributed by atoms with van der Waals surface area (Å²) in [6.07, 6.45) is 0.466. The molecular weight excluding hydrogens is 260 g/mol. The van der Waals surface area contributed by atoms with Crippen LogP contribution in [-0.4, -0.2) is 12.6 Å². The number of benzene rings is 2. The van der Waals surface area contributed by atoms with Gasteiger partial charge in [-0.05, 0) is 23.6 Å². The van der Waals surface area contributed by atoms with Crippen molar-refractivity contribution in [1.82, 2.24) is 0 Å². The van der Waals surface area contributed by atoms with Crippen LogP contribution in [0.2, 0.25) is 0 Å². The van der Waals surface area contributed by atoms with Gasteiger partial charge in [-0.15, -0.1) is 5.73 Å². The molecule has 0 aliphatic heterocycles. The summed E-state index contributed by atoms with van der Waals surface area (Å²) < 4.78 is 5.03. The minimum absolute atomic E-state index is 0.352. The predicted octanol–water partition coefficient (Wildman–Crippen LogP) is 4.17. The molecular formula is C19H18O2. The van der Waals surface area contributed by atoms with Crippen LogP contribution >= 0.6 is 0 Å². The highest BCUT2D eigenvalue weighted by Gasteiger charge is 2.13. The van der Waals surface area contributed by atoms with E-state index in [-0.39, 0.29) is 5.97 Å². The summed E-state index contributed by atoms with van der Waals surface area (Å²) in [5.41, 5.74) is 6.45. The Labute approximate surface area is 125 Å². The zero-order valence-electron chi connectivity index (χ0n) is 12.1. The van der Waals surface area contributed by atoms with Crippen LogP contribution in [-0.2, 0) is 16.0 Å². The molecule has 0 saturated carbocycles. The first-order chi connectivity index (χ1) is 10.3. The van der Waals surface area contributed by atoms with E-state index < -0.39 is 0 Å². The Morgan fingerprint density at radius 2 is 1.76 bits per heavy atom. The molecule has 2 nitrogen and oxygen atoms in total. The number of carbonyl (C=O) groups is 1. The second-order valence-corrected chi connectivity index (χ2v) is 4.58. The van der Waals surface area contributed by atoms with Gasteiger partial charge in [0.2, 0.25) is 0 Å². The fraction of sp³-hybridized carbons (Fsp3) is 0.158. The van der Waals surface area contributed by atoms with Gasteiger partial charge in [0.25, 0.3) is 0 Å². The number of esters is 1. The monoisotopic (exact) mass is 278 g/mol. The number of carbonyl (C=O) groups excluding carboxylic acids is 1. The molecule has 2 heteroatoms. The highest BCUT2D eigenvalue weighted by Crippen LogP contribution is 2.25. The lowest BCUT2D eigenvalue weighted by molar-refractivity contribution is -0.138. The SMILES string of the molecule is C=C=C(Cc1ccccc1-c1ccccc1)C(=O)OCC. The average Bonchev–Trinajstić information content (AvgIpc) is 2.54. The molecule has 0 spiro atoms. The van der Waals surface area contributed by atoms with Gasteiger partial charge < -0.3 is 4.74 Å². The van der Waals surface area contributed by atoms with Crippen LogP contribution in [0.3, 0.4) is 0 Å². The summed E-state index contributed by atoms with van der Waals surface area (Å²) in [5.74, 6) is -0.352. The van der Waals surface area contributed by atoms with Gasteiger partial charge >= 0.3 is 5.97 Å². The van der Waals surface area contributed by atoms with Crippen LogP contribution in [0.1, 0.15) is 12.5 Å². The molecule has 0 unspecified atom stereocenters. The van der Waals surface area contributed by atoms with E-state index in [0.29, 0.717) is 18.6 Å². The molecule has 0 aliphatic rings. The Morgan fingerprint density at radius 1 is 1.10 bits per heavy atom. The number of ether oxygens (including phenoxy) is 1. The average molecular weight is 278 g/mol. The van der Waals surface area contributed by atoms with Crippen molar-refractivity contribution in [3.8, 4) is 11.1 Å². The van der Waals surface area contributed by atoms with E-state index in [1.807, 2.05) is 36.4 Å². The van der Waals surface area contributed by atoms with Crippen molar-refractivity contribution < 1.29 is 9.53 Å². The molecule has 0 atom stereocenters. The summed E-state index contributed by atoms with van der Waals surface area (Å²) in [7, 11) is 0. The zero-order valence-corrected chi connectivity index (χ0v) is 12.1. The molecule has 2 aromatic rings. The van der Waals surface area contributed by atoms with Gasteiger partial charge in [0, 0.05) is 6.42 Å². The molecule has 0 amide bonds. The van der Waals surface area contributed by atoms with Crippen LogP contribution < -0.4 is 0 Å². The van der Waals surface area contributed by atoms with Crippen LogP contribution in [0, 0.1) is 0 Å². The second-order valence-electron chi connectivity index (χ2n) is 4.58. The maximum absolute atomic E-state index is 11.9. The summed E-state index contributed by atoms with van der Waals surface area (Å²) in [6.45, 7) is 5.74. The van der Waals surface area contributed by atoms with Crippen molar-refractivity contribution in [3.05, 3.63) is 78.0 Å². The van der Waals surface area contributed by atoms with E-state index >= 15 is 0 Å². The Kier molecular flexibility index (Phi) is 5.14. The normalized spacial score (nSPS) is 9.76. The van der Waals surface area contributed by atoms with Crippen LogP contribution in [0.25, 0.3) is 11.1 Å². The molecule has 0 fully saturated rings. The molecule has 0 aliphatic carbocycles. The standard InChI is InChI=1S/C19H18O2/c1-3-15(19(20)21-4-2)14-17-12-8-9-13-18(17)16-10-6-5-7-11-16/h5-13H,1,4,14H2,2H3. The van der Waals surface area contributed by atoms with E-state index in [1.165, 1.54) is 0 Å². The first kappa shape index (κ1) is 14.8. The minimum Gasteiger partial charge on any atom is -0.462 e. The van der Waals surface area contributed by atoms with Crippen molar-refractivity contribution in [2.45, 2.75) is 13.3 Å². The molecule has 0 aromatic heterocycles. The molecule has 2 rings (SSSR count). The predicted molar refractivity (Wildman–Crippen MR) is 84.9 cm³/mol. The largest absolute Gasteiger partial charge is 0.462 e. The van der Waals surface area contributed by atoms with Gasteiger partial charge in [-0.1, -0.05) is 61.2 Å². The van der Waals surface area contributed by atoms with Crippen molar-refractivity contribution >= 4 is 5.97 Å². The number of rotatable bonds is 5. The van der Waals surface area contributed by atoms with Crippen molar-refractivity contribution in [2.75, 3.05) is 6.61 Å². The quantitative estimate of drug-likeness (QED) is 0.466. The Morgan fingerprint density at radius 3 is 2.43 bits per heavy atom. The lowest BCUT2D eigenvalue weighted by Gasteiger charge is -2.10. The third-order valence-corrected chi connectivity index (χ3v) is 3.20. The maximum Gasteiger partial charge on any atom is 0.342 e. The van der Waals surface area contributed by atoms with Crippen molar-refractivity contribution in [3.63, 3.8) is 0 Å². The summed E-state index contributed by atoms with van der Waals surface area (Å²) in [5, 5.41) is 0. The first-order valence-electron chi connectivity index (χ1n) is 6.95. The molecule has 106 valence electrons. The fourth-order valence-corrected chi connectivity index (χ4v) is 2.19. The van der Waals surface area contributed by atoms with Crippen LogP contribution in [0.15, 0.2) is 72.5 Å². The van der Waals surface area contributed by atoms with Gasteiger partial charge in [0.15, 0.2) is 0 Å². The summed E-state index contributed by atoms with van der Waals surface area (Å²) in [4.78, 5) is 11.9. The molecule has 0 N–H and O–H groups in total. The number of hydrogen-bond acceptors (Lipinski definition) is 2. The van der Waals surface area contributed by atoms with E-state index in [2.05, 4.69) is 30.5 Å². The van der Waals surface area contributed by atoms with Crippen molar-refractivity contribution in [2.24, 2.45) is 0 Å². The van der Waals surface area contributed by atoms with E-state index in [4.69, 9.17) is 4.74 Å². The highest BCUT2D eigenvalue weighted by atomic mass is 16.5. The molecule has 0 radical (unpaired) electrons. The zero-order chi connectivity index (χ0) is 15.1. The Bertz CT molecular complexity index is 665. The van der Waals surface area contributed by atoms with Gasteiger partial charge in [-0.2, -0.15) is 0 Å². The first-order valence-corrected chi connectivity index (χ1v) is 6.95.